The average Bonchev–Trinajstić information content (AvgIpc) is 3.03. The number of aromatic nitrogens is 2. The third kappa shape index (κ3) is 4.48. The van der Waals surface area contributed by atoms with Gasteiger partial charge < -0.3 is 9.47 Å². The number of nitrogens with one attached hydrogen (secondary N) is 1. The molecule has 0 saturated heterocycles. The summed E-state index contributed by atoms with van der Waals surface area (Å²) < 4.78 is 64.3. The molecule has 158 valence electrons. The minimum Gasteiger partial charge on any atom is -0.495 e. The maximum Gasteiger partial charge on any atom is 0.438 e. The number of carbonyl (C=O) groups is 1. The highest BCUT2D eigenvalue weighted by molar-refractivity contribution is 6.32. The third-order valence-electron chi connectivity index (χ3n) is 3.96. The van der Waals surface area contributed by atoms with E-state index in [0.29, 0.717) is 0 Å². The molecule has 0 fully saturated rings. The predicted octanol–water partition coefficient (Wildman–Crippen LogP) is 5.52. The molecule has 0 bridgehead atoms. The van der Waals surface area contributed by atoms with Crippen molar-refractivity contribution in [1.82, 2.24) is 9.78 Å². The van der Waals surface area contributed by atoms with E-state index in [1.54, 1.807) is 12.1 Å². The van der Waals surface area contributed by atoms with E-state index >= 15 is 0 Å². The van der Waals surface area contributed by atoms with E-state index in [1.807, 2.05) is 0 Å². The lowest BCUT2D eigenvalue weighted by molar-refractivity contribution is -0.142. The Balaban J connectivity index is 1.91. The molecule has 0 aliphatic heterocycles. The molecule has 0 aliphatic carbocycles. The number of nitrogens with zero attached hydrogens (tertiary/aromatic N) is 2. The largest absolute Gasteiger partial charge is 0.495 e. The van der Waals surface area contributed by atoms with Crippen molar-refractivity contribution < 1.29 is 31.8 Å². The van der Waals surface area contributed by atoms with Gasteiger partial charge in [-0.15, -0.1) is 0 Å². The van der Waals surface area contributed by atoms with Crippen LogP contribution in [0.4, 0.5) is 28.0 Å². The number of benzene rings is 2. The standard InChI is InChI=1S/C19H14ClF4N3O3/c1-27-9-16(17(26-27)19(22,23)24)30-18(28)25-14-6-4-3-5-10(14)11-7-15(29-2)12(20)8-13(11)21/h3-9H,1-2H3,(H,25,28). The van der Waals surface area contributed by atoms with Crippen molar-refractivity contribution in [3.05, 3.63) is 59.1 Å². The SMILES string of the molecule is COc1cc(-c2ccccc2NC(=O)Oc2cn(C)nc2C(F)(F)F)c(F)cc1Cl. The number of rotatable bonds is 4. The number of ether oxygens (including phenoxy) is 2. The van der Waals surface area contributed by atoms with Gasteiger partial charge in [-0.1, -0.05) is 29.8 Å². The molecule has 3 rings (SSSR count). The molecule has 0 atom stereocenters. The van der Waals surface area contributed by atoms with Crippen molar-refractivity contribution in [2.75, 3.05) is 12.4 Å². The molecular weight excluding hydrogens is 430 g/mol. The molecule has 3 aromatic rings. The number of anilines is 1. The van der Waals surface area contributed by atoms with Crippen LogP contribution in [0, 0.1) is 5.82 Å². The van der Waals surface area contributed by atoms with Crippen molar-refractivity contribution in [1.29, 1.82) is 0 Å². The van der Waals surface area contributed by atoms with Gasteiger partial charge in [0.2, 0.25) is 5.69 Å². The number of alkyl halides is 3. The number of amides is 1. The summed E-state index contributed by atoms with van der Waals surface area (Å²) >= 11 is 5.90. The molecule has 0 radical (unpaired) electrons. The van der Waals surface area contributed by atoms with Crippen LogP contribution in [-0.2, 0) is 13.2 Å². The molecule has 1 amide bonds. The van der Waals surface area contributed by atoms with E-state index in [2.05, 4.69) is 10.4 Å². The number of para-hydroxylation sites is 1. The molecule has 0 spiro atoms. The Hall–Kier alpha value is -3.27. The minimum atomic E-state index is -4.81. The van der Waals surface area contributed by atoms with Gasteiger partial charge in [-0.2, -0.15) is 18.3 Å². The summed E-state index contributed by atoms with van der Waals surface area (Å²) in [6, 6.07) is 8.48. The number of hydrogen-bond acceptors (Lipinski definition) is 4. The van der Waals surface area contributed by atoms with Crippen LogP contribution >= 0.6 is 11.6 Å². The lowest BCUT2D eigenvalue weighted by atomic mass is 10.0. The van der Waals surface area contributed by atoms with E-state index < -0.39 is 29.5 Å². The normalized spacial score (nSPS) is 11.3. The first-order valence-electron chi connectivity index (χ1n) is 8.32. The molecular formula is C19H14ClF4N3O3. The zero-order valence-electron chi connectivity index (χ0n) is 15.6. The number of hydrogen-bond donors (Lipinski definition) is 1. The van der Waals surface area contributed by atoms with Gasteiger partial charge in [0.05, 0.1) is 24.0 Å². The number of methoxy groups -OCH3 is 1. The topological polar surface area (TPSA) is 65.4 Å². The molecule has 1 N–H and O–H groups in total. The van der Waals surface area contributed by atoms with E-state index in [4.69, 9.17) is 21.1 Å². The highest BCUT2D eigenvalue weighted by Crippen LogP contribution is 2.37. The van der Waals surface area contributed by atoms with Crippen LogP contribution in [0.3, 0.4) is 0 Å². The maximum absolute atomic E-state index is 14.5. The summed E-state index contributed by atoms with van der Waals surface area (Å²) in [6.45, 7) is 0. The van der Waals surface area contributed by atoms with Gasteiger partial charge in [0.1, 0.15) is 11.6 Å². The van der Waals surface area contributed by atoms with Gasteiger partial charge in [0.15, 0.2) is 5.75 Å². The van der Waals surface area contributed by atoms with Gasteiger partial charge in [0.25, 0.3) is 0 Å². The van der Waals surface area contributed by atoms with Crippen LogP contribution in [0.25, 0.3) is 11.1 Å². The second kappa shape index (κ2) is 8.23. The van der Waals surface area contributed by atoms with Crippen molar-refractivity contribution in [2.24, 2.45) is 7.05 Å². The van der Waals surface area contributed by atoms with E-state index in [-0.39, 0.29) is 27.6 Å². The molecule has 0 saturated carbocycles. The monoisotopic (exact) mass is 443 g/mol. The lowest BCUT2D eigenvalue weighted by Gasteiger charge is -2.14. The number of halogens is 5. The molecule has 11 heteroatoms. The molecule has 30 heavy (non-hydrogen) atoms. The molecule has 2 aromatic carbocycles. The second-order valence-corrected chi connectivity index (χ2v) is 6.45. The Bertz CT molecular complexity index is 1100. The Labute approximate surface area is 173 Å². The number of carbonyl (C=O) groups excluding carboxylic acids is 1. The highest BCUT2D eigenvalue weighted by Gasteiger charge is 2.38. The first kappa shape index (κ1) is 21.4. The second-order valence-electron chi connectivity index (χ2n) is 6.04. The lowest BCUT2D eigenvalue weighted by Crippen LogP contribution is -2.19. The smallest absolute Gasteiger partial charge is 0.438 e. The number of aryl methyl sites for hydroxylation is 1. The molecule has 6 nitrogen and oxygen atoms in total. The van der Waals surface area contributed by atoms with Crippen molar-refractivity contribution in [3.63, 3.8) is 0 Å². The third-order valence-corrected chi connectivity index (χ3v) is 4.26. The Morgan fingerprint density at radius 3 is 2.53 bits per heavy atom. The Kier molecular flexibility index (Phi) is 5.88. The average molecular weight is 444 g/mol. The first-order chi connectivity index (χ1) is 14.1. The summed E-state index contributed by atoms with van der Waals surface area (Å²) in [6.07, 6.45) is -5.10. The predicted molar refractivity (Wildman–Crippen MR) is 101 cm³/mol. The summed E-state index contributed by atoms with van der Waals surface area (Å²) in [7, 11) is 2.61. The summed E-state index contributed by atoms with van der Waals surface area (Å²) in [5.74, 6) is -1.25. The zero-order valence-corrected chi connectivity index (χ0v) is 16.3. The van der Waals surface area contributed by atoms with E-state index in [0.717, 1.165) is 16.9 Å². The van der Waals surface area contributed by atoms with Crippen LogP contribution in [-0.4, -0.2) is 23.0 Å². The Morgan fingerprint density at radius 2 is 1.87 bits per heavy atom. The van der Waals surface area contributed by atoms with E-state index in [9.17, 15) is 22.4 Å². The van der Waals surface area contributed by atoms with Gasteiger partial charge in [-0.25, -0.2) is 9.18 Å². The van der Waals surface area contributed by atoms with Crippen molar-refractivity contribution >= 4 is 23.4 Å². The highest BCUT2D eigenvalue weighted by atomic mass is 35.5. The van der Waals surface area contributed by atoms with Crippen LogP contribution in [0.15, 0.2) is 42.6 Å². The quantitative estimate of drug-likeness (QED) is 0.539. The van der Waals surface area contributed by atoms with Crippen LogP contribution in [0.1, 0.15) is 5.69 Å². The summed E-state index contributed by atoms with van der Waals surface area (Å²) in [5.41, 5.74) is -0.946. The fourth-order valence-electron chi connectivity index (χ4n) is 2.69. The van der Waals surface area contributed by atoms with Gasteiger partial charge >= 0.3 is 12.3 Å². The fourth-order valence-corrected chi connectivity index (χ4v) is 2.92. The zero-order chi connectivity index (χ0) is 22.1. The van der Waals surface area contributed by atoms with E-state index in [1.165, 1.54) is 32.4 Å². The van der Waals surface area contributed by atoms with Crippen molar-refractivity contribution in [3.8, 4) is 22.6 Å². The van der Waals surface area contributed by atoms with Gasteiger partial charge in [0, 0.05) is 18.2 Å². The van der Waals surface area contributed by atoms with Crippen LogP contribution in [0.5, 0.6) is 11.5 Å². The fraction of sp³-hybridized carbons (Fsp3) is 0.158. The van der Waals surface area contributed by atoms with Crippen LogP contribution < -0.4 is 14.8 Å². The molecule has 1 aromatic heterocycles. The maximum atomic E-state index is 14.5. The van der Waals surface area contributed by atoms with Gasteiger partial charge in [-0.05, 0) is 18.2 Å². The minimum absolute atomic E-state index is 0.0554. The van der Waals surface area contributed by atoms with Crippen LogP contribution in [0.2, 0.25) is 5.02 Å². The molecule has 0 aliphatic rings. The first-order valence-corrected chi connectivity index (χ1v) is 8.70. The molecule has 0 unspecified atom stereocenters. The summed E-state index contributed by atoms with van der Waals surface area (Å²) in [5, 5.41) is 5.63. The molecule has 1 heterocycles. The Morgan fingerprint density at radius 1 is 1.17 bits per heavy atom. The van der Waals surface area contributed by atoms with Gasteiger partial charge in [-0.3, -0.25) is 10.00 Å². The van der Waals surface area contributed by atoms with Crippen molar-refractivity contribution in [2.45, 2.75) is 6.18 Å². The summed E-state index contributed by atoms with van der Waals surface area (Å²) in [4.78, 5) is 12.2.